The Labute approximate surface area is 132 Å². The van der Waals surface area contributed by atoms with Gasteiger partial charge in [-0.2, -0.15) is 0 Å². The number of nitrogens with zero attached hydrogens (tertiary/aromatic N) is 1. The van der Waals surface area contributed by atoms with Crippen LogP contribution in [0.1, 0.15) is 22.3 Å². The summed E-state index contributed by atoms with van der Waals surface area (Å²) in [7, 11) is 0. The van der Waals surface area contributed by atoms with Crippen LogP contribution < -0.4 is 0 Å². The number of para-hydroxylation sites is 1. The van der Waals surface area contributed by atoms with Crippen LogP contribution in [-0.2, 0) is 0 Å². The number of aromatic nitrogens is 1. The van der Waals surface area contributed by atoms with Crippen molar-refractivity contribution >= 4 is 23.3 Å². The summed E-state index contributed by atoms with van der Waals surface area (Å²) < 4.78 is 0. The van der Waals surface area contributed by atoms with Crippen molar-refractivity contribution in [1.82, 2.24) is 4.98 Å². The molecule has 0 spiro atoms. The fraction of sp³-hybridized carbons (Fsp3) is 0.211. The van der Waals surface area contributed by atoms with E-state index in [2.05, 4.69) is 64.1 Å². The molecule has 1 heterocycles. The van der Waals surface area contributed by atoms with Gasteiger partial charge in [-0.1, -0.05) is 24.3 Å². The van der Waals surface area contributed by atoms with E-state index in [0.29, 0.717) is 0 Å². The van der Waals surface area contributed by atoms with Crippen molar-refractivity contribution in [2.45, 2.75) is 27.7 Å². The Morgan fingerprint density at radius 1 is 0.714 bits per heavy atom. The second-order valence-corrected chi connectivity index (χ2v) is 5.59. The first kappa shape index (κ1) is 15.5. The predicted octanol–water partition coefficient (Wildman–Crippen LogP) is 5.56. The van der Waals surface area contributed by atoms with Gasteiger partial charge in [0, 0.05) is 10.9 Å². The number of aryl methyl sites for hydroxylation is 4. The van der Waals surface area contributed by atoms with Gasteiger partial charge in [-0.05, 0) is 68.1 Å². The fourth-order valence-corrected chi connectivity index (χ4v) is 2.72. The van der Waals surface area contributed by atoms with Crippen LogP contribution in [0, 0.1) is 27.7 Å². The molecule has 0 unspecified atom stereocenters. The molecular formula is C19H20ClN. The Hall–Kier alpha value is -1.86. The standard InChI is InChI=1S/C19H19N.ClH/c1-12-9-14(3)17(10-13(12)2)19-11-15(4)16-7-5-6-8-18(16)20-19;/h5-11H,1-4H3;1H. The molecule has 0 aliphatic rings. The minimum Gasteiger partial charge on any atom is -0.248 e. The topological polar surface area (TPSA) is 12.9 Å². The Morgan fingerprint density at radius 2 is 1.38 bits per heavy atom. The molecule has 21 heavy (non-hydrogen) atoms. The molecule has 0 bridgehead atoms. The monoisotopic (exact) mass is 297 g/mol. The predicted molar refractivity (Wildman–Crippen MR) is 93.4 cm³/mol. The molecule has 0 atom stereocenters. The third-order valence-corrected chi connectivity index (χ3v) is 4.04. The minimum absolute atomic E-state index is 0. The number of rotatable bonds is 1. The summed E-state index contributed by atoms with van der Waals surface area (Å²) in [5, 5.41) is 1.23. The maximum atomic E-state index is 4.84. The van der Waals surface area contributed by atoms with Crippen molar-refractivity contribution in [1.29, 1.82) is 0 Å². The lowest BCUT2D eigenvalue weighted by molar-refractivity contribution is 1.27. The molecule has 3 rings (SSSR count). The highest BCUT2D eigenvalue weighted by Crippen LogP contribution is 2.28. The first-order valence-electron chi connectivity index (χ1n) is 7.01. The van der Waals surface area contributed by atoms with E-state index in [9.17, 15) is 0 Å². The largest absolute Gasteiger partial charge is 0.248 e. The molecule has 0 amide bonds. The van der Waals surface area contributed by atoms with E-state index in [1.165, 1.54) is 33.2 Å². The average molecular weight is 298 g/mol. The van der Waals surface area contributed by atoms with Crippen LogP contribution in [0.25, 0.3) is 22.2 Å². The lowest BCUT2D eigenvalue weighted by Crippen LogP contribution is -1.93. The molecule has 1 nitrogen and oxygen atoms in total. The van der Waals surface area contributed by atoms with Gasteiger partial charge in [-0.25, -0.2) is 4.98 Å². The first-order valence-corrected chi connectivity index (χ1v) is 7.01. The molecule has 108 valence electrons. The van der Waals surface area contributed by atoms with Gasteiger partial charge in [0.15, 0.2) is 0 Å². The highest BCUT2D eigenvalue weighted by molar-refractivity contribution is 5.85. The summed E-state index contributed by atoms with van der Waals surface area (Å²) in [5.41, 5.74) is 8.60. The highest BCUT2D eigenvalue weighted by Gasteiger charge is 2.08. The maximum absolute atomic E-state index is 4.84. The quantitative estimate of drug-likeness (QED) is 0.573. The van der Waals surface area contributed by atoms with Crippen molar-refractivity contribution in [2.24, 2.45) is 0 Å². The minimum atomic E-state index is 0. The van der Waals surface area contributed by atoms with Crippen LogP contribution >= 0.6 is 12.4 Å². The molecule has 3 aromatic rings. The second-order valence-electron chi connectivity index (χ2n) is 5.59. The first-order chi connectivity index (χ1) is 9.56. The molecule has 0 aliphatic heterocycles. The lowest BCUT2D eigenvalue weighted by atomic mass is 9.97. The van der Waals surface area contributed by atoms with Crippen molar-refractivity contribution in [2.75, 3.05) is 0 Å². The third-order valence-electron chi connectivity index (χ3n) is 4.04. The molecular weight excluding hydrogens is 278 g/mol. The van der Waals surface area contributed by atoms with Crippen molar-refractivity contribution in [3.05, 3.63) is 64.7 Å². The fourth-order valence-electron chi connectivity index (χ4n) is 2.72. The van der Waals surface area contributed by atoms with E-state index >= 15 is 0 Å². The summed E-state index contributed by atoms with van der Waals surface area (Å²) in [5.74, 6) is 0. The molecule has 2 heteroatoms. The summed E-state index contributed by atoms with van der Waals surface area (Å²) in [6.45, 7) is 8.63. The van der Waals surface area contributed by atoms with Gasteiger partial charge in [-0.15, -0.1) is 12.4 Å². The number of hydrogen-bond donors (Lipinski definition) is 0. The smallest absolute Gasteiger partial charge is 0.0715 e. The van der Waals surface area contributed by atoms with Gasteiger partial charge >= 0.3 is 0 Å². The number of hydrogen-bond acceptors (Lipinski definition) is 1. The molecule has 0 radical (unpaired) electrons. The number of benzene rings is 2. The van der Waals surface area contributed by atoms with E-state index < -0.39 is 0 Å². The van der Waals surface area contributed by atoms with Crippen molar-refractivity contribution < 1.29 is 0 Å². The summed E-state index contributed by atoms with van der Waals surface area (Å²) in [6.07, 6.45) is 0. The van der Waals surface area contributed by atoms with Crippen LogP contribution in [0.4, 0.5) is 0 Å². The molecule has 0 fully saturated rings. The van der Waals surface area contributed by atoms with Gasteiger partial charge in [0.05, 0.1) is 11.2 Å². The molecule has 0 saturated carbocycles. The molecule has 2 aromatic carbocycles. The Bertz CT molecular complexity index is 806. The van der Waals surface area contributed by atoms with Crippen LogP contribution in [0.2, 0.25) is 0 Å². The van der Waals surface area contributed by atoms with E-state index in [4.69, 9.17) is 4.98 Å². The summed E-state index contributed by atoms with van der Waals surface area (Å²) in [4.78, 5) is 4.84. The van der Waals surface area contributed by atoms with Gasteiger partial charge in [0.25, 0.3) is 0 Å². The van der Waals surface area contributed by atoms with Crippen LogP contribution in [-0.4, -0.2) is 4.98 Å². The van der Waals surface area contributed by atoms with E-state index in [1.54, 1.807) is 0 Å². The zero-order valence-corrected chi connectivity index (χ0v) is 13.7. The Kier molecular flexibility index (Phi) is 4.34. The molecule has 0 saturated heterocycles. The maximum Gasteiger partial charge on any atom is 0.0715 e. The van der Waals surface area contributed by atoms with Gasteiger partial charge < -0.3 is 0 Å². The Morgan fingerprint density at radius 3 is 2.14 bits per heavy atom. The zero-order chi connectivity index (χ0) is 14.3. The van der Waals surface area contributed by atoms with Crippen molar-refractivity contribution in [3.63, 3.8) is 0 Å². The number of halogens is 1. The van der Waals surface area contributed by atoms with Crippen LogP contribution in [0.15, 0.2) is 42.5 Å². The molecule has 1 aromatic heterocycles. The van der Waals surface area contributed by atoms with Crippen molar-refractivity contribution in [3.8, 4) is 11.3 Å². The van der Waals surface area contributed by atoms with E-state index in [0.717, 1.165) is 11.2 Å². The molecule has 0 N–H and O–H groups in total. The highest BCUT2D eigenvalue weighted by atomic mass is 35.5. The summed E-state index contributed by atoms with van der Waals surface area (Å²) >= 11 is 0. The second kappa shape index (κ2) is 5.87. The van der Waals surface area contributed by atoms with Crippen LogP contribution in [0.5, 0.6) is 0 Å². The normalized spacial score (nSPS) is 10.5. The van der Waals surface area contributed by atoms with Gasteiger partial charge in [0.1, 0.15) is 0 Å². The lowest BCUT2D eigenvalue weighted by Gasteiger charge is -2.11. The molecule has 0 aliphatic carbocycles. The van der Waals surface area contributed by atoms with Gasteiger partial charge in [-0.3, -0.25) is 0 Å². The van der Waals surface area contributed by atoms with Crippen LogP contribution in [0.3, 0.4) is 0 Å². The summed E-state index contributed by atoms with van der Waals surface area (Å²) in [6, 6.07) is 15.0. The average Bonchev–Trinajstić information content (AvgIpc) is 2.43. The number of fused-ring (bicyclic) bond motifs is 1. The SMILES string of the molecule is Cc1cc(C)c(-c2cc(C)c3ccccc3n2)cc1C.Cl. The van der Waals surface area contributed by atoms with E-state index in [-0.39, 0.29) is 12.4 Å². The third kappa shape index (κ3) is 2.79. The zero-order valence-electron chi connectivity index (χ0n) is 12.9. The van der Waals surface area contributed by atoms with Gasteiger partial charge in [0.2, 0.25) is 0 Å². The van der Waals surface area contributed by atoms with E-state index in [1.807, 2.05) is 6.07 Å². The Balaban J connectivity index is 0.00000161. The number of pyridine rings is 1.